The summed E-state index contributed by atoms with van der Waals surface area (Å²) in [6.45, 7) is 3.14. The highest BCUT2D eigenvalue weighted by Gasteiger charge is 1.91. The largest absolute Gasteiger partial charge is 0.393 e. The molecular weight excluding hydrogens is 114 g/mol. The van der Waals surface area contributed by atoms with Gasteiger partial charge in [-0.1, -0.05) is 5.92 Å². The Morgan fingerprint density at radius 3 is 2.89 bits per heavy atom. The fourth-order valence-electron chi connectivity index (χ4n) is 0.472. The monoisotopic (exact) mass is 127 g/mol. The number of hydrogen-bond donors (Lipinski definition) is 2. The zero-order valence-electron chi connectivity index (χ0n) is 5.72. The van der Waals surface area contributed by atoms with E-state index in [1.165, 1.54) is 0 Å². The van der Waals surface area contributed by atoms with Crippen molar-refractivity contribution in [2.45, 2.75) is 19.4 Å². The number of aliphatic hydroxyl groups excluding tert-OH is 1. The van der Waals surface area contributed by atoms with Crippen LogP contribution in [-0.4, -0.2) is 24.3 Å². The molecule has 0 aliphatic carbocycles. The zero-order chi connectivity index (χ0) is 7.11. The third-order valence-corrected chi connectivity index (χ3v) is 0.966. The van der Waals surface area contributed by atoms with Crippen LogP contribution in [0.2, 0.25) is 0 Å². The molecule has 0 amide bonds. The van der Waals surface area contributed by atoms with E-state index in [2.05, 4.69) is 11.2 Å². The Bertz CT molecular complexity index is 93.6. The summed E-state index contributed by atoms with van der Waals surface area (Å²) in [6, 6.07) is 0. The molecule has 0 aliphatic rings. The average molecular weight is 127 g/mol. The van der Waals surface area contributed by atoms with E-state index < -0.39 is 0 Å². The maximum absolute atomic E-state index is 8.76. The second-order valence-electron chi connectivity index (χ2n) is 2.02. The van der Waals surface area contributed by atoms with Crippen molar-refractivity contribution < 1.29 is 5.11 Å². The lowest BCUT2D eigenvalue weighted by Gasteiger charge is -2.02. The van der Waals surface area contributed by atoms with Gasteiger partial charge >= 0.3 is 0 Å². The van der Waals surface area contributed by atoms with Crippen molar-refractivity contribution in [3.63, 3.8) is 0 Å². The Labute approximate surface area is 56.3 Å². The van der Waals surface area contributed by atoms with Crippen LogP contribution in [0.3, 0.4) is 0 Å². The SMILES string of the molecule is C#CCNCCC(C)O. The minimum atomic E-state index is -0.227. The number of hydrogen-bond acceptors (Lipinski definition) is 2. The summed E-state index contributed by atoms with van der Waals surface area (Å²) in [6.07, 6.45) is 5.51. The van der Waals surface area contributed by atoms with Crippen LogP contribution < -0.4 is 5.32 Å². The lowest BCUT2D eigenvalue weighted by molar-refractivity contribution is 0.184. The van der Waals surface area contributed by atoms with Crippen LogP contribution in [0.4, 0.5) is 0 Å². The molecule has 0 aromatic rings. The molecule has 2 N–H and O–H groups in total. The van der Waals surface area contributed by atoms with Crippen LogP contribution in [0.5, 0.6) is 0 Å². The standard InChI is InChI=1S/C7H13NO/c1-3-5-8-6-4-7(2)9/h1,7-9H,4-6H2,2H3. The van der Waals surface area contributed by atoms with E-state index in [0.717, 1.165) is 13.0 Å². The van der Waals surface area contributed by atoms with Crippen LogP contribution >= 0.6 is 0 Å². The van der Waals surface area contributed by atoms with Gasteiger partial charge < -0.3 is 10.4 Å². The van der Waals surface area contributed by atoms with Gasteiger partial charge in [-0.25, -0.2) is 0 Å². The first-order valence-corrected chi connectivity index (χ1v) is 3.09. The molecule has 0 spiro atoms. The molecular formula is C7H13NO. The second-order valence-corrected chi connectivity index (χ2v) is 2.02. The average Bonchev–Trinajstić information content (AvgIpc) is 1.80. The Hall–Kier alpha value is -0.520. The summed E-state index contributed by atoms with van der Waals surface area (Å²) in [7, 11) is 0. The van der Waals surface area contributed by atoms with Gasteiger partial charge in [-0.3, -0.25) is 0 Å². The summed E-state index contributed by atoms with van der Waals surface area (Å²) in [4.78, 5) is 0. The first-order valence-electron chi connectivity index (χ1n) is 3.09. The van der Waals surface area contributed by atoms with Crippen molar-refractivity contribution >= 4 is 0 Å². The molecule has 0 saturated carbocycles. The molecule has 0 bridgehead atoms. The van der Waals surface area contributed by atoms with E-state index >= 15 is 0 Å². The summed E-state index contributed by atoms with van der Waals surface area (Å²) in [5, 5.41) is 11.7. The molecule has 52 valence electrons. The summed E-state index contributed by atoms with van der Waals surface area (Å²) in [5.41, 5.74) is 0. The van der Waals surface area contributed by atoms with Crippen molar-refractivity contribution in [1.29, 1.82) is 0 Å². The topological polar surface area (TPSA) is 32.3 Å². The summed E-state index contributed by atoms with van der Waals surface area (Å²) < 4.78 is 0. The third kappa shape index (κ3) is 7.48. The third-order valence-electron chi connectivity index (χ3n) is 0.966. The minimum absolute atomic E-state index is 0.227. The molecule has 9 heavy (non-hydrogen) atoms. The molecule has 0 saturated heterocycles. The van der Waals surface area contributed by atoms with Gasteiger partial charge in [0, 0.05) is 0 Å². The van der Waals surface area contributed by atoms with Crippen LogP contribution in [0, 0.1) is 12.3 Å². The van der Waals surface area contributed by atoms with Crippen molar-refractivity contribution in [3.05, 3.63) is 0 Å². The number of nitrogens with one attached hydrogen (secondary N) is 1. The predicted octanol–water partition coefficient (Wildman–Crippen LogP) is -0.0199. The molecule has 0 heterocycles. The Balaban J connectivity index is 2.85. The molecule has 0 radical (unpaired) electrons. The molecule has 0 aliphatic heterocycles. The lowest BCUT2D eigenvalue weighted by Crippen LogP contribution is -2.18. The summed E-state index contributed by atoms with van der Waals surface area (Å²) in [5.74, 6) is 2.45. The van der Waals surface area contributed by atoms with Gasteiger partial charge in [-0.15, -0.1) is 6.42 Å². The van der Waals surface area contributed by atoms with Gasteiger partial charge in [0.25, 0.3) is 0 Å². The van der Waals surface area contributed by atoms with Crippen LogP contribution in [0.15, 0.2) is 0 Å². The van der Waals surface area contributed by atoms with Crippen LogP contribution in [0.25, 0.3) is 0 Å². The first-order chi connectivity index (χ1) is 4.27. The van der Waals surface area contributed by atoms with Crippen LogP contribution in [0.1, 0.15) is 13.3 Å². The molecule has 1 unspecified atom stereocenters. The normalized spacial score (nSPS) is 12.6. The number of rotatable bonds is 4. The van der Waals surface area contributed by atoms with Gasteiger partial charge in [-0.05, 0) is 19.9 Å². The molecule has 0 rings (SSSR count). The smallest absolute Gasteiger partial charge is 0.0573 e. The van der Waals surface area contributed by atoms with E-state index in [9.17, 15) is 0 Å². The molecule has 1 atom stereocenters. The lowest BCUT2D eigenvalue weighted by atomic mass is 10.3. The van der Waals surface area contributed by atoms with E-state index in [-0.39, 0.29) is 6.10 Å². The minimum Gasteiger partial charge on any atom is -0.393 e. The maximum atomic E-state index is 8.76. The zero-order valence-corrected chi connectivity index (χ0v) is 5.72. The van der Waals surface area contributed by atoms with E-state index in [1.807, 2.05) is 0 Å². The van der Waals surface area contributed by atoms with Gasteiger partial charge in [0.05, 0.1) is 12.6 Å². The predicted molar refractivity (Wildman–Crippen MR) is 38.0 cm³/mol. The van der Waals surface area contributed by atoms with Crippen molar-refractivity contribution in [1.82, 2.24) is 5.32 Å². The highest BCUT2D eigenvalue weighted by Crippen LogP contribution is 1.84. The fourth-order valence-corrected chi connectivity index (χ4v) is 0.472. The quantitative estimate of drug-likeness (QED) is 0.411. The fraction of sp³-hybridized carbons (Fsp3) is 0.714. The highest BCUT2D eigenvalue weighted by molar-refractivity contribution is 4.86. The van der Waals surface area contributed by atoms with E-state index in [1.54, 1.807) is 6.92 Å². The number of aliphatic hydroxyl groups is 1. The number of terminal acetylenes is 1. The maximum Gasteiger partial charge on any atom is 0.0573 e. The van der Waals surface area contributed by atoms with Gasteiger partial charge in [0.1, 0.15) is 0 Å². The van der Waals surface area contributed by atoms with E-state index in [0.29, 0.717) is 6.54 Å². The Morgan fingerprint density at radius 1 is 1.78 bits per heavy atom. The Kier molecular flexibility index (Phi) is 5.29. The molecule has 2 nitrogen and oxygen atoms in total. The van der Waals surface area contributed by atoms with Gasteiger partial charge in [-0.2, -0.15) is 0 Å². The first kappa shape index (κ1) is 8.48. The summed E-state index contributed by atoms with van der Waals surface area (Å²) >= 11 is 0. The second kappa shape index (κ2) is 5.61. The van der Waals surface area contributed by atoms with Gasteiger partial charge in [0.15, 0.2) is 0 Å². The molecule has 0 aromatic carbocycles. The van der Waals surface area contributed by atoms with Crippen LogP contribution in [-0.2, 0) is 0 Å². The Morgan fingerprint density at radius 2 is 2.44 bits per heavy atom. The molecule has 0 aromatic heterocycles. The van der Waals surface area contributed by atoms with Crippen molar-refractivity contribution in [2.75, 3.05) is 13.1 Å². The van der Waals surface area contributed by atoms with E-state index in [4.69, 9.17) is 11.5 Å². The molecule has 2 heteroatoms. The van der Waals surface area contributed by atoms with Gasteiger partial charge in [0.2, 0.25) is 0 Å². The van der Waals surface area contributed by atoms with Crippen molar-refractivity contribution in [3.8, 4) is 12.3 Å². The van der Waals surface area contributed by atoms with Crippen molar-refractivity contribution in [2.24, 2.45) is 0 Å². The highest BCUT2D eigenvalue weighted by atomic mass is 16.3. The molecule has 0 fully saturated rings.